The van der Waals surface area contributed by atoms with E-state index in [-0.39, 0.29) is 17.8 Å². The van der Waals surface area contributed by atoms with Gasteiger partial charge in [-0.3, -0.25) is 0 Å². The molecule has 7 nitrogen and oxygen atoms in total. The molecule has 1 aromatic heterocycles. The number of aliphatic carboxylic acids is 1. The Labute approximate surface area is 133 Å². The van der Waals surface area contributed by atoms with E-state index in [4.69, 9.17) is 4.74 Å². The van der Waals surface area contributed by atoms with E-state index < -0.39 is 5.97 Å². The number of carbonyl (C=O) groups is 1. The smallest absolute Gasteiger partial charge is 0.352 e. The predicted octanol–water partition coefficient (Wildman–Crippen LogP) is 2.44. The molecule has 0 aliphatic carbocycles. The zero-order valence-corrected chi connectivity index (χ0v) is 12.9. The Morgan fingerprint density at radius 2 is 2.26 bits per heavy atom. The molecule has 1 aliphatic rings. The van der Waals surface area contributed by atoms with Gasteiger partial charge in [0.1, 0.15) is 23.8 Å². The third-order valence-corrected chi connectivity index (χ3v) is 3.78. The van der Waals surface area contributed by atoms with Crippen LogP contribution in [0, 0.1) is 0 Å². The van der Waals surface area contributed by atoms with Crippen molar-refractivity contribution < 1.29 is 14.6 Å². The number of benzene rings is 1. The molecule has 0 radical (unpaired) electrons. The number of nitrogens with one attached hydrogen (secondary N) is 1. The van der Waals surface area contributed by atoms with E-state index in [0.717, 1.165) is 17.7 Å². The topological polar surface area (TPSA) is 89.3 Å². The normalized spacial score (nSPS) is 17.7. The van der Waals surface area contributed by atoms with E-state index in [0.29, 0.717) is 5.95 Å². The lowest BCUT2D eigenvalue weighted by atomic mass is 10.0. The Hall–Kier alpha value is -2.83. The van der Waals surface area contributed by atoms with E-state index >= 15 is 0 Å². The van der Waals surface area contributed by atoms with Crippen molar-refractivity contribution in [3.05, 3.63) is 47.9 Å². The Morgan fingerprint density at radius 3 is 3.00 bits per heavy atom. The number of hydrogen-bond acceptors (Lipinski definition) is 5. The summed E-state index contributed by atoms with van der Waals surface area (Å²) in [5.41, 5.74) is 0.925. The quantitative estimate of drug-likeness (QED) is 0.881. The fourth-order valence-electron chi connectivity index (χ4n) is 2.41. The molecule has 2 atom stereocenters. The Balaban J connectivity index is 2.06. The average Bonchev–Trinajstić information content (AvgIpc) is 3.03. The molecule has 0 fully saturated rings. The summed E-state index contributed by atoms with van der Waals surface area (Å²) in [7, 11) is 0. The van der Waals surface area contributed by atoms with Gasteiger partial charge in [-0.1, -0.05) is 25.1 Å². The first-order valence-electron chi connectivity index (χ1n) is 7.47. The van der Waals surface area contributed by atoms with Gasteiger partial charge in [-0.2, -0.15) is 10.1 Å². The molecule has 0 saturated carbocycles. The molecule has 0 unspecified atom stereocenters. The Morgan fingerprint density at radius 1 is 1.48 bits per heavy atom. The molecular weight excluding hydrogens is 296 g/mol. The summed E-state index contributed by atoms with van der Waals surface area (Å²) in [6.07, 6.45) is 3.95. The van der Waals surface area contributed by atoms with Crippen LogP contribution < -0.4 is 10.1 Å². The number of aromatic nitrogens is 3. The molecule has 2 heterocycles. The van der Waals surface area contributed by atoms with E-state index in [1.54, 1.807) is 10.8 Å². The molecule has 7 heteroatoms. The lowest BCUT2D eigenvalue weighted by Gasteiger charge is -2.25. The lowest BCUT2D eigenvalue weighted by Crippen LogP contribution is -2.25. The summed E-state index contributed by atoms with van der Waals surface area (Å²) in [5.74, 6) is 0.0778. The van der Waals surface area contributed by atoms with Gasteiger partial charge in [0, 0.05) is 5.56 Å². The number of carboxylic acids is 1. The number of hydrogen-bond donors (Lipinski definition) is 2. The summed E-state index contributed by atoms with van der Waals surface area (Å²) in [4.78, 5) is 15.4. The summed E-state index contributed by atoms with van der Waals surface area (Å²) in [6, 6.07) is 7.20. The molecule has 2 N–H and O–H groups in total. The van der Waals surface area contributed by atoms with Gasteiger partial charge in [0.2, 0.25) is 5.95 Å². The van der Waals surface area contributed by atoms with Crippen LogP contribution in [0.3, 0.4) is 0 Å². The third kappa shape index (κ3) is 2.90. The van der Waals surface area contributed by atoms with Crippen molar-refractivity contribution in [2.24, 2.45) is 0 Å². The van der Waals surface area contributed by atoms with Crippen molar-refractivity contribution >= 4 is 11.9 Å². The van der Waals surface area contributed by atoms with Crippen molar-refractivity contribution in [3.63, 3.8) is 0 Å². The lowest BCUT2D eigenvalue weighted by molar-refractivity contribution is -0.132. The van der Waals surface area contributed by atoms with Gasteiger partial charge >= 0.3 is 5.97 Å². The van der Waals surface area contributed by atoms with Gasteiger partial charge in [-0.25, -0.2) is 9.48 Å². The van der Waals surface area contributed by atoms with Gasteiger partial charge in [-0.05, 0) is 25.5 Å². The summed E-state index contributed by atoms with van der Waals surface area (Å²) >= 11 is 0. The van der Waals surface area contributed by atoms with Gasteiger partial charge < -0.3 is 15.2 Å². The predicted molar refractivity (Wildman–Crippen MR) is 84.3 cm³/mol. The minimum atomic E-state index is -1.04. The molecule has 23 heavy (non-hydrogen) atoms. The maximum Gasteiger partial charge on any atom is 0.352 e. The van der Waals surface area contributed by atoms with Crippen LogP contribution in [-0.4, -0.2) is 31.9 Å². The van der Waals surface area contributed by atoms with E-state index in [2.05, 4.69) is 22.3 Å². The number of allylic oxidation sites excluding steroid dienone is 1. The van der Waals surface area contributed by atoms with Gasteiger partial charge in [0.05, 0.1) is 6.10 Å². The van der Waals surface area contributed by atoms with Crippen LogP contribution in [0.25, 0.3) is 0 Å². The fraction of sp³-hybridized carbons (Fsp3) is 0.312. The highest BCUT2D eigenvalue weighted by atomic mass is 16.5. The zero-order chi connectivity index (χ0) is 16.4. The standard InChI is InChI=1S/C16H18N4O3/c1-3-10(2)23-14-7-5-4-6-11(14)13-8-12(15(21)22)19-16-17-9-18-20(13)16/h4-10,13H,3H2,1-2H3,(H,21,22)(H,17,18,19)/t10-,13+/m0/s1. The van der Waals surface area contributed by atoms with Crippen LogP contribution in [0.15, 0.2) is 42.4 Å². The minimum Gasteiger partial charge on any atom is -0.490 e. The molecule has 3 rings (SSSR count). The molecule has 120 valence electrons. The fourth-order valence-corrected chi connectivity index (χ4v) is 2.41. The molecule has 1 aliphatic heterocycles. The second-order valence-corrected chi connectivity index (χ2v) is 5.36. The number of carboxylic acid groups (broad SMARTS) is 1. The summed E-state index contributed by atoms with van der Waals surface area (Å²) < 4.78 is 7.62. The van der Waals surface area contributed by atoms with Gasteiger partial charge in [0.15, 0.2) is 0 Å². The molecule has 1 aromatic carbocycles. The van der Waals surface area contributed by atoms with Crippen molar-refractivity contribution in [3.8, 4) is 5.75 Å². The van der Waals surface area contributed by atoms with Gasteiger partial charge in [-0.15, -0.1) is 0 Å². The minimum absolute atomic E-state index is 0.0657. The first-order valence-corrected chi connectivity index (χ1v) is 7.47. The molecule has 2 aromatic rings. The van der Waals surface area contributed by atoms with Crippen LogP contribution in [0.5, 0.6) is 5.75 Å². The molecule has 0 spiro atoms. The second-order valence-electron chi connectivity index (χ2n) is 5.36. The highest BCUT2D eigenvalue weighted by Crippen LogP contribution is 2.34. The Bertz CT molecular complexity index is 753. The maximum absolute atomic E-state index is 11.4. The SMILES string of the molecule is CC[C@H](C)Oc1ccccc1[C@H]1C=C(C(=O)O)Nc2ncnn21. The van der Waals surface area contributed by atoms with Crippen molar-refractivity contribution in [1.29, 1.82) is 0 Å². The van der Waals surface area contributed by atoms with E-state index in [9.17, 15) is 9.90 Å². The van der Waals surface area contributed by atoms with Crippen LogP contribution in [0.1, 0.15) is 31.9 Å². The highest BCUT2D eigenvalue weighted by molar-refractivity contribution is 5.90. The number of fused-ring (bicyclic) bond motifs is 1. The third-order valence-electron chi connectivity index (χ3n) is 3.78. The molecule has 0 amide bonds. The molecule has 0 saturated heterocycles. The summed E-state index contributed by atoms with van der Waals surface area (Å²) in [6.45, 7) is 4.05. The summed E-state index contributed by atoms with van der Waals surface area (Å²) in [5, 5.41) is 16.3. The van der Waals surface area contributed by atoms with E-state index in [1.165, 1.54) is 6.33 Å². The maximum atomic E-state index is 11.4. The highest BCUT2D eigenvalue weighted by Gasteiger charge is 2.27. The first-order chi connectivity index (χ1) is 11.1. The molecular formula is C16H18N4O3. The first kappa shape index (κ1) is 15.1. The van der Waals surface area contributed by atoms with Crippen LogP contribution >= 0.6 is 0 Å². The molecule has 0 bridgehead atoms. The van der Waals surface area contributed by atoms with Crippen LogP contribution in [0.4, 0.5) is 5.95 Å². The largest absolute Gasteiger partial charge is 0.490 e. The van der Waals surface area contributed by atoms with E-state index in [1.807, 2.05) is 31.2 Å². The van der Waals surface area contributed by atoms with Crippen molar-refractivity contribution in [1.82, 2.24) is 14.8 Å². The number of ether oxygens (including phenoxy) is 1. The van der Waals surface area contributed by atoms with Crippen molar-refractivity contribution in [2.45, 2.75) is 32.4 Å². The van der Waals surface area contributed by atoms with Gasteiger partial charge in [0.25, 0.3) is 0 Å². The van der Waals surface area contributed by atoms with Crippen LogP contribution in [-0.2, 0) is 4.79 Å². The van der Waals surface area contributed by atoms with Crippen LogP contribution in [0.2, 0.25) is 0 Å². The number of anilines is 1. The number of para-hydroxylation sites is 1. The number of nitrogens with zero attached hydrogens (tertiary/aromatic N) is 3. The zero-order valence-electron chi connectivity index (χ0n) is 12.9. The second kappa shape index (κ2) is 6.12. The number of rotatable bonds is 5. The average molecular weight is 314 g/mol. The monoisotopic (exact) mass is 314 g/mol. The van der Waals surface area contributed by atoms with Crippen molar-refractivity contribution in [2.75, 3.05) is 5.32 Å². The Kier molecular flexibility index (Phi) is 4.01.